The molecule has 3 heterocycles. The van der Waals surface area contributed by atoms with Crippen LogP contribution in [0.1, 0.15) is 5.56 Å². The van der Waals surface area contributed by atoms with Crippen molar-refractivity contribution in [1.82, 2.24) is 19.7 Å². The molecule has 1 aliphatic rings. The van der Waals surface area contributed by atoms with E-state index in [1.807, 2.05) is 19.3 Å². The molecule has 0 aromatic carbocycles. The van der Waals surface area contributed by atoms with Gasteiger partial charge in [0.05, 0.1) is 11.9 Å². The van der Waals surface area contributed by atoms with Crippen LogP contribution in [0.4, 0.5) is 11.6 Å². The zero-order valence-corrected chi connectivity index (χ0v) is 13.3. The summed E-state index contributed by atoms with van der Waals surface area (Å²) in [7, 11) is 1.59. The number of aromatic nitrogens is 4. The Morgan fingerprint density at radius 2 is 1.64 bits per heavy atom. The molecule has 22 heavy (non-hydrogen) atoms. The van der Waals surface area contributed by atoms with Crippen molar-refractivity contribution in [2.24, 2.45) is 7.05 Å². The predicted octanol–water partition coefficient (Wildman–Crippen LogP) is 0.859. The van der Waals surface area contributed by atoms with Crippen molar-refractivity contribution in [3.8, 4) is 0 Å². The van der Waals surface area contributed by atoms with Crippen LogP contribution in [-0.2, 0) is 7.05 Å². The Morgan fingerprint density at radius 3 is 2.27 bits per heavy atom. The Hall–Kier alpha value is -2.15. The molecular formula is C14H17ClN6O. The first-order chi connectivity index (χ1) is 10.6. The Labute approximate surface area is 133 Å². The monoisotopic (exact) mass is 320 g/mol. The van der Waals surface area contributed by atoms with E-state index in [1.54, 1.807) is 13.2 Å². The van der Waals surface area contributed by atoms with E-state index in [0.717, 1.165) is 37.7 Å². The second-order valence-electron chi connectivity index (χ2n) is 5.31. The second kappa shape index (κ2) is 5.92. The molecule has 0 N–H and O–H groups in total. The molecule has 3 rings (SSSR count). The summed E-state index contributed by atoms with van der Waals surface area (Å²) in [5.41, 5.74) is 1.46. The SMILES string of the molecule is Cc1cnc(N2CCN(c3cnn(C)c(=O)c3Cl)CC2)nc1. The average molecular weight is 321 g/mol. The molecule has 0 unspecified atom stereocenters. The fourth-order valence-electron chi connectivity index (χ4n) is 2.42. The van der Waals surface area contributed by atoms with Crippen LogP contribution in [-0.4, -0.2) is 45.9 Å². The minimum absolute atomic E-state index is 0.220. The van der Waals surface area contributed by atoms with Gasteiger partial charge in [-0.05, 0) is 12.5 Å². The van der Waals surface area contributed by atoms with Crippen molar-refractivity contribution < 1.29 is 0 Å². The van der Waals surface area contributed by atoms with Crippen molar-refractivity contribution in [3.05, 3.63) is 39.5 Å². The number of halogens is 1. The summed E-state index contributed by atoms with van der Waals surface area (Å²) in [4.78, 5) is 24.8. The Balaban J connectivity index is 1.73. The van der Waals surface area contributed by atoms with Gasteiger partial charge < -0.3 is 9.80 Å². The van der Waals surface area contributed by atoms with Crippen molar-refractivity contribution in [1.29, 1.82) is 0 Å². The van der Waals surface area contributed by atoms with E-state index < -0.39 is 0 Å². The van der Waals surface area contributed by atoms with Crippen LogP contribution < -0.4 is 15.4 Å². The van der Waals surface area contributed by atoms with E-state index in [4.69, 9.17) is 11.6 Å². The Kier molecular flexibility index (Phi) is 3.98. The zero-order chi connectivity index (χ0) is 15.7. The molecule has 1 saturated heterocycles. The Morgan fingerprint density at radius 1 is 1.05 bits per heavy atom. The third-order valence-electron chi connectivity index (χ3n) is 3.73. The molecule has 0 amide bonds. The van der Waals surface area contributed by atoms with Gasteiger partial charge in [0.25, 0.3) is 5.56 Å². The number of nitrogens with zero attached hydrogens (tertiary/aromatic N) is 6. The topological polar surface area (TPSA) is 67.2 Å². The lowest BCUT2D eigenvalue weighted by Gasteiger charge is -2.36. The molecule has 1 aliphatic heterocycles. The first-order valence-corrected chi connectivity index (χ1v) is 7.44. The van der Waals surface area contributed by atoms with E-state index in [2.05, 4.69) is 24.9 Å². The summed E-state index contributed by atoms with van der Waals surface area (Å²) in [5, 5.41) is 4.26. The van der Waals surface area contributed by atoms with Gasteiger partial charge in [-0.3, -0.25) is 4.79 Å². The molecule has 0 spiro atoms. The molecular weight excluding hydrogens is 304 g/mol. The lowest BCUT2D eigenvalue weighted by atomic mass is 10.3. The van der Waals surface area contributed by atoms with E-state index in [1.165, 1.54) is 4.68 Å². The number of aryl methyl sites for hydroxylation is 2. The van der Waals surface area contributed by atoms with E-state index >= 15 is 0 Å². The molecule has 0 radical (unpaired) electrons. The van der Waals surface area contributed by atoms with E-state index in [0.29, 0.717) is 5.69 Å². The van der Waals surface area contributed by atoms with Gasteiger partial charge in [0.2, 0.25) is 5.95 Å². The van der Waals surface area contributed by atoms with Crippen LogP contribution in [0.25, 0.3) is 0 Å². The van der Waals surface area contributed by atoms with E-state index in [-0.39, 0.29) is 10.6 Å². The van der Waals surface area contributed by atoms with Crippen LogP contribution in [0.2, 0.25) is 5.02 Å². The van der Waals surface area contributed by atoms with Gasteiger partial charge >= 0.3 is 0 Å². The Bertz CT molecular complexity index is 721. The van der Waals surface area contributed by atoms with Gasteiger partial charge in [-0.2, -0.15) is 5.10 Å². The van der Waals surface area contributed by atoms with E-state index in [9.17, 15) is 4.79 Å². The summed E-state index contributed by atoms with van der Waals surface area (Å²) >= 11 is 6.15. The predicted molar refractivity (Wildman–Crippen MR) is 85.7 cm³/mol. The maximum atomic E-state index is 11.9. The molecule has 2 aromatic rings. The smallest absolute Gasteiger partial charge is 0.287 e. The first kappa shape index (κ1) is 14.8. The third-order valence-corrected chi connectivity index (χ3v) is 4.09. The highest BCUT2D eigenvalue weighted by Gasteiger charge is 2.22. The lowest BCUT2D eigenvalue weighted by molar-refractivity contribution is 0.632. The third kappa shape index (κ3) is 2.76. The lowest BCUT2D eigenvalue weighted by Crippen LogP contribution is -2.47. The van der Waals surface area contributed by atoms with Crippen LogP contribution >= 0.6 is 11.6 Å². The number of piperazine rings is 1. The van der Waals surface area contributed by atoms with Gasteiger partial charge in [-0.15, -0.1) is 0 Å². The molecule has 1 fully saturated rings. The standard InChI is InChI=1S/C14H17ClN6O/c1-10-7-16-14(17-8-10)21-5-3-20(4-6-21)11-9-18-19(2)13(22)12(11)15/h7-9H,3-6H2,1-2H3. The second-order valence-corrected chi connectivity index (χ2v) is 5.69. The average Bonchev–Trinajstić information content (AvgIpc) is 2.54. The summed E-state index contributed by atoms with van der Waals surface area (Å²) in [5.74, 6) is 0.735. The van der Waals surface area contributed by atoms with Crippen molar-refractivity contribution in [2.75, 3.05) is 36.0 Å². The fraction of sp³-hybridized carbons (Fsp3) is 0.429. The van der Waals surface area contributed by atoms with Crippen LogP contribution in [0.15, 0.2) is 23.4 Å². The zero-order valence-electron chi connectivity index (χ0n) is 12.5. The normalized spacial score (nSPS) is 15.2. The van der Waals surface area contributed by atoms with Crippen molar-refractivity contribution in [2.45, 2.75) is 6.92 Å². The summed E-state index contributed by atoms with van der Waals surface area (Å²) < 4.78 is 1.24. The molecule has 2 aromatic heterocycles. The summed E-state index contributed by atoms with van der Waals surface area (Å²) in [6, 6.07) is 0. The number of hydrogen-bond acceptors (Lipinski definition) is 6. The highest BCUT2D eigenvalue weighted by molar-refractivity contribution is 6.33. The molecule has 0 aliphatic carbocycles. The van der Waals surface area contributed by atoms with Crippen molar-refractivity contribution >= 4 is 23.2 Å². The maximum absolute atomic E-state index is 11.9. The van der Waals surface area contributed by atoms with Gasteiger partial charge in [0.1, 0.15) is 5.02 Å². The minimum Gasteiger partial charge on any atom is -0.365 e. The molecule has 7 nitrogen and oxygen atoms in total. The largest absolute Gasteiger partial charge is 0.365 e. The number of hydrogen-bond donors (Lipinski definition) is 0. The van der Waals surface area contributed by atoms with Crippen molar-refractivity contribution in [3.63, 3.8) is 0 Å². The highest BCUT2D eigenvalue weighted by Crippen LogP contribution is 2.22. The first-order valence-electron chi connectivity index (χ1n) is 7.06. The van der Waals surface area contributed by atoms with Gasteiger partial charge in [-0.25, -0.2) is 14.6 Å². The van der Waals surface area contributed by atoms with Gasteiger partial charge in [0.15, 0.2) is 0 Å². The summed E-state index contributed by atoms with van der Waals surface area (Å²) in [6.45, 7) is 4.99. The molecule has 0 atom stereocenters. The summed E-state index contributed by atoms with van der Waals surface area (Å²) in [6.07, 6.45) is 5.27. The highest BCUT2D eigenvalue weighted by atomic mass is 35.5. The molecule has 8 heteroatoms. The number of anilines is 2. The van der Waals surface area contributed by atoms with Crippen LogP contribution in [0.3, 0.4) is 0 Å². The van der Waals surface area contributed by atoms with Gasteiger partial charge in [-0.1, -0.05) is 11.6 Å². The van der Waals surface area contributed by atoms with Crippen LogP contribution in [0, 0.1) is 6.92 Å². The molecule has 0 bridgehead atoms. The van der Waals surface area contributed by atoms with Gasteiger partial charge in [0, 0.05) is 45.6 Å². The maximum Gasteiger partial charge on any atom is 0.287 e. The fourth-order valence-corrected chi connectivity index (χ4v) is 2.71. The number of rotatable bonds is 2. The molecule has 116 valence electrons. The van der Waals surface area contributed by atoms with Crippen LogP contribution in [0.5, 0.6) is 0 Å². The quantitative estimate of drug-likeness (QED) is 0.817. The minimum atomic E-state index is -0.275. The molecule has 0 saturated carbocycles.